The molecule has 0 saturated heterocycles. The number of thiazole rings is 1. The van der Waals surface area contributed by atoms with Gasteiger partial charge in [-0.25, -0.2) is 23.4 Å². The molecule has 0 spiro atoms. The van der Waals surface area contributed by atoms with Crippen molar-refractivity contribution in [1.82, 2.24) is 15.0 Å². The van der Waals surface area contributed by atoms with E-state index in [1.165, 1.54) is 6.33 Å². The number of sulfone groups is 1. The van der Waals surface area contributed by atoms with E-state index in [1.807, 2.05) is 0 Å². The number of anilines is 1. The number of fused-ring (bicyclic) bond motifs is 1. The Bertz CT molecular complexity index is 659. The van der Waals surface area contributed by atoms with Crippen molar-refractivity contribution in [3.63, 3.8) is 0 Å². The topological polar surface area (TPSA) is 94.1 Å². The van der Waals surface area contributed by atoms with Crippen LogP contribution in [0.2, 0.25) is 0 Å². The summed E-state index contributed by atoms with van der Waals surface area (Å²) in [4.78, 5) is 12.0. The van der Waals surface area contributed by atoms with Gasteiger partial charge in [0.15, 0.2) is 5.65 Å². The smallest absolute Gasteiger partial charge is 0.211 e. The van der Waals surface area contributed by atoms with Crippen LogP contribution in [0.15, 0.2) is 10.7 Å². The Labute approximate surface area is 120 Å². The molecule has 7 nitrogen and oxygen atoms in total. The van der Waals surface area contributed by atoms with Crippen LogP contribution in [-0.4, -0.2) is 49.9 Å². The highest BCUT2D eigenvalue weighted by Crippen LogP contribution is 2.28. The largest absolute Gasteiger partial charge is 0.383 e. The maximum atomic E-state index is 11.4. The highest BCUT2D eigenvalue weighted by molar-refractivity contribution is 7.92. The summed E-state index contributed by atoms with van der Waals surface area (Å²) in [5, 5.41) is 3.05. The lowest BCUT2D eigenvalue weighted by Gasteiger charge is -2.03. The van der Waals surface area contributed by atoms with Crippen LogP contribution in [0, 0.1) is 0 Å². The number of aromatic nitrogens is 3. The van der Waals surface area contributed by atoms with Crippen molar-refractivity contribution in [2.24, 2.45) is 0 Å². The summed E-state index contributed by atoms with van der Waals surface area (Å²) in [6, 6.07) is 0. The van der Waals surface area contributed by atoms with E-state index in [4.69, 9.17) is 4.74 Å². The Hall–Kier alpha value is -1.03. The zero-order chi connectivity index (χ0) is 13.2. The Morgan fingerprint density at radius 2 is 2.16 bits per heavy atom. The van der Waals surface area contributed by atoms with Gasteiger partial charge < -0.3 is 10.1 Å². The molecular weight excluding hydrogens is 312 g/mol. The van der Waals surface area contributed by atoms with Crippen LogP contribution in [0.25, 0.3) is 10.3 Å². The molecule has 0 fully saturated rings. The summed E-state index contributed by atoms with van der Waals surface area (Å²) >= 11 is 1.06. The van der Waals surface area contributed by atoms with Crippen molar-refractivity contribution < 1.29 is 13.2 Å². The number of ether oxygens (including phenoxy) is 1. The highest BCUT2D eigenvalue weighted by Gasteiger charge is 2.17. The first-order valence-electron chi connectivity index (χ1n) is 5.07. The van der Waals surface area contributed by atoms with E-state index in [1.54, 1.807) is 7.11 Å². The molecule has 19 heavy (non-hydrogen) atoms. The molecule has 0 aliphatic rings. The predicted octanol–water partition coefficient (Wildman–Crippen LogP) is 0.970. The van der Waals surface area contributed by atoms with Crippen molar-refractivity contribution in [3.8, 4) is 0 Å². The van der Waals surface area contributed by atoms with Crippen molar-refractivity contribution in [2.75, 3.05) is 31.8 Å². The van der Waals surface area contributed by atoms with Crippen LogP contribution in [0.5, 0.6) is 0 Å². The Kier molecular flexibility index (Phi) is 5.41. The summed E-state index contributed by atoms with van der Waals surface area (Å²) < 4.78 is 28.5. The van der Waals surface area contributed by atoms with Crippen molar-refractivity contribution in [3.05, 3.63) is 6.33 Å². The molecule has 2 aromatic rings. The fourth-order valence-electron chi connectivity index (χ4n) is 1.29. The summed E-state index contributed by atoms with van der Waals surface area (Å²) in [6.45, 7) is 1.11. The van der Waals surface area contributed by atoms with Crippen LogP contribution in [-0.2, 0) is 14.6 Å². The second kappa shape index (κ2) is 6.42. The van der Waals surface area contributed by atoms with Gasteiger partial charge in [-0.1, -0.05) is 11.3 Å². The minimum atomic E-state index is -3.32. The highest BCUT2D eigenvalue weighted by atomic mass is 35.5. The van der Waals surface area contributed by atoms with Gasteiger partial charge in [0.1, 0.15) is 16.8 Å². The summed E-state index contributed by atoms with van der Waals surface area (Å²) in [6.07, 6.45) is 2.47. The fourth-order valence-corrected chi connectivity index (χ4v) is 3.12. The van der Waals surface area contributed by atoms with Gasteiger partial charge in [0.2, 0.25) is 14.2 Å². The normalized spacial score (nSPS) is 11.3. The number of hydrogen-bond acceptors (Lipinski definition) is 8. The molecule has 2 rings (SSSR count). The van der Waals surface area contributed by atoms with Crippen molar-refractivity contribution >= 4 is 49.7 Å². The van der Waals surface area contributed by atoms with Gasteiger partial charge in [-0.3, -0.25) is 0 Å². The zero-order valence-corrected chi connectivity index (χ0v) is 12.7. The van der Waals surface area contributed by atoms with Gasteiger partial charge in [0.25, 0.3) is 0 Å². The first-order valence-corrected chi connectivity index (χ1v) is 7.77. The molecular formula is C9H13ClN4O3S2. The molecule has 0 unspecified atom stereocenters. The molecule has 0 aromatic carbocycles. The maximum absolute atomic E-state index is 11.4. The van der Waals surface area contributed by atoms with Gasteiger partial charge in [0, 0.05) is 19.9 Å². The van der Waals surface area contributed by atoms with Crippen molar-refractivity contribution in [2.45, 2.75) is 4.34 Å². The first kappa shape index (κ1) is 16.0. The fraction of sp³-hybridized carbons (Fsp3) is 0.444. The number of rotatable bonds is 5. The van der Waals surface area contributed by atoms with Crippen LogP contribution in [0.3, 0.4) is 0 Å². The average molecular weight is 325 g/mol. The van der Waals surface area contributed by atoms with Gasteiger partial charge in [-0.2, -0.15) is 0 Å². The second-order valence-electron chi connectivity index (χ2n) is 3.55. The lowest BCUT2D eigenvalue weighted by molar-refractivity contribution is 0.210. The van der Waals surface area contributed by atoms with Gasteiger partial charge in [-0.15, -0.1) is 12.4 Å². The standard InChI is InChI=1S/C9H12N4O3S2.ClH/c1-16-4-3-10-7-6-8(12-5-11-7)13-9(17-6)18(2,14)15;/h5H,3-4H2,1-2H3,(H,10,11,12);1H. The number of nitrogens with one attached hydrogen (secondary N) is 1. The predicted molar refractivity (Wildman–Crippen MR) is 75.9 cm³/mol. The molecule has 0 atom stereocenters. The molecule has 0 amide bonds. The molecule has 0 saturated carbocycles. The Morgan fingerprint density at radius 1 is 1.42 bits per heavy atom. The minimum Gasteiger partial charge on any atom is -0.383 e. The summed E-state index contributed by atoms with van der Waals surface area (Å²) in [7, 11) is -1.72. The number of methoxy groups -OCH3 is 1. The van der Waals surface area contributed by atoms with Gasteiger partial charge >= 0.3 is 0 Å². The molecule has 10 heteroatoms. The zero-order valence-electron chi connectivity index (χ0n) is 10.3. The maximum Gasteiger partial charge on any atom is 0.211 e. The quantitative estimate of drug-likeness (QED) is 0.819. The molecule has 0 radical (unpaired) electrons. The van der Waals surface area contributed by atoms with Crippen LogP contribution in [0.1, 0.15) is 0 Å². The van der Waals surface area contributed by atoms with E-state index < -0.39 is 9.84 Å². The summed E-state index contributed by atoms with van der Waals surface area (Å²) in [5.74, 6) is 0.574. The van der Waals surface area contributed by atoms with Gasteiger partial charge in [0.05, 0.1) is 6.61 Å². The molecule has 0 bridgehead atoms. The molecule has 2 aromatic heterocycles. The SMILES string of the molecule is COCCNc1ncnc2nc(S(C)(=O)=O)sc12.Cl. The van der Waals surface area contributed by atoms with E-state index in [9.17, 15) is 8.42 Å². The second-order valence-corrected chi connectivity index (χ2v) is 6.74. The van der Waals surface area contributed by atoms with Crippen molar-refractivity contribution in [1.29, 1.82) is 0 Å². The Balaban J connectivity index is 0.00000180. The van der Waals surface area contributed by atoms with E-state index in [0.29, 0.717) is 29.3 Å². The lowest BCUT2D eigenvalue weighted by atomic mass is 10.5. The third-order valence-corrected chi connectivity index (χ3v) is 4.82. The van der Waals surface area contributed by atoms with E-state index in [2.05, 4.69) is 20.3 Å². The minimum absolute atomic E-state index is 0. The molecule has 2 heterocycles. The number of hydrogen-bond donors (Lipinski definition) is 1. The van der Waals surface area contributed by atoms with Gasteiger partial charge in [-0.05, 0) is 0 Å². The van der Waals surface area contributed by atoms with E-state index in [-0.39, 0.29) is 16.7 Å². The third-order valence-electron chi connectivity index (χ3n) is 2.09. The van der Waals surface area contributed by atoms with Crippen LogP contribution < -0.4 is 5.32 Å². The first-order chi connectivity index (χ1) is 8.52. The van der Waals surface area contributed by atoms with Crippen LogP contribution in [0.4, 0.5) is 5.82 Å². The molecule has 0 aliphatic heterocycles. The number of halogens is 1. The monoisotopic (exact) mass is 324 g/mol. The molecule has 0 aliphatic carbocycles. The van der Waals surface area contributed by atoms with E-state index >= 15 is 0 Å². The third kappa shape index (κ3) is 3.72. The average Bonchev–Trinajstić information content (AvgIpc) is 2.73. The van der Waals surface area contributed by atoms with E-state index in [0.717, 1.165) is 17.6 Å². The van der Waals surface area contributed by atoms with Crippen LogP contribution >= 0.6 is 23.7 Å². The molecule has 106 valence electrons. The molecule has 1 N–H and O–H groups in total. The lowest BCUT2D eigenvalue weighted by Crippen LogP contribution is -2.08. The Morgan fingerprint density at radius 3 is 2.79 bits per heavy atom. The number of nitrogens with zero attached hydrogens (tertiary/aromatic N) is 3. The summed E-state index contributed by atoms with van der Waals surface area (Å²) in [5.41, 5.74) is 0.385.